The molecule has 0 aliphatic rings. The molecule has 0 aromatic heterocycles. The predicted molar refractivity (Wildman–Crippen MR) is 100 cm³/mol. The van der Waals surface area contributed by atoms with Crippen molar-refractivity contribution in [2.75, 3.05) is 26.2 Å². The van der Waals surface area contributed by atoms with Crippen molar-refractivity contribution in [2.24, 2.45) is 0 Å². The third kappa shape index (κ3) is 5.91. The summed E-state index contributed by atoms with van der Waals surface area (Å²) in [6.45, 7) is 7.89. The lowest BCUT2D eigenvalue weighted by Gasteiger charge is -2.18. The van der Waals surface area contributed by atoms with Crippen LogP contribution in [-0.2, 0) is 11.2 Å². The highest BCUT2D eigenvalue weighted by Gasteiger charge is 2.19. The molecule has 2 aromatic rings. The Labute approximate surface area is 150 Å². The van der Waals surface area contributed by atoms with E-state index in [-0.39, 0.29) is 0 Å². The Kier molecular flexibility index (Phi) is 7.48. The normalized spacial score (nSPS) is 12.1. The van der Waals surface area contributed by atoms with Crippen LogP contribution in [-0.4, -0.2) is 42.2 Å². The SMILES string of the molecule is CCN(CC)CCOc1ccc(CC(C(=O)O)c2ccccc2)cc1. The first-order valence-corrected chi connectivity index (χ1v) is 8.85. The van der Waals surface area contributed by atoms with Gasteiger partial charge in [-0.15, -0.1) is 0 Å². The summed E-state index contributed by atoms with van der Waals surface area (Å²) in [6, 6.07) is 17.1. The number of rotatable bonds is 10. The lowest BCUT2D eigenvalue weighted by atomic mass is 9.92. The van der Waals surface area contributed by atoms with Crippen LogP contribution in [0.3, 0.4) is 0 Å². The highest BCUT2D eigenvalue weighted by molar-refractivity contribution is 5.76. The Morgan fingerprint density at radius 2 is 1.68 bits per heavy atom. The summed E-state index contributed by atoms with van der Waals surface area (Å²) in [5.74, 6) is -0.510. The molecule has 2 rings (SSSR count). The number of aliphatic carboxylic acids is 1. The highest BCUT2D eigenvalue weighted by Crippen LogP contribution is 2.22. The number of nitrogens with zero attached hydrogens (tertiary/aromatic N) is 1. The maximum absolute atomic E-state index is 11.6. The molecule has 1 N–H and O–H groups in total. The van der Waals surface area contributed by atoms with Crippen molar-refractivity contribution in [1.82, 2.24) is 4.90 Å². The molecule has 25 heavy (non-hydrogen) atoms. The van der Waals surface area contributed by atoms with Crippen LogP contribution in [0.25, 0.3) is 0 Å². The van der Waals surface area contributed by atoms with Crippen molar-refractivity contribution in [3.05, 3.63) is 65.7 Å². The molecule has 0 amide bonds. The third-order valence-electron chi connectivity index (χ3n) is 4.43. The van der Waals surface area contributed by atoms with E-state index >= 15 is 0 Å². The van der Waals surface area contributed by atoms with E-state index in [9.17, 15) is 9.90 Å². The fourth-order valence-electron chi connectivity index (χ4n) is 2.82. The maximum atomic E-state index is 11.6. The maximum Gasteiger partial charge on any atom is 0.311 e. The number of carboxylic acids is 1. The molecule has 0 bridgehead atoms. The van der Waals surface area contributed by atoms with E-state index in [1.54, 1.807) is 0 Å². The first-order chi connectivity index (χ1) is 12.1. The average molecular weight is 341 g/mol. The zero-order valence-corrected chi connectivity index (χ0v) is 15.0. The fourth-order valence-corrected chi connectivity index (χ4v) is 2.82. The van der Waals surface area contributed by atoms with Gasteiger partial charge in [-0.1, -0.05) is 56.3 Å². The van der Waals surface area contributed by atoms with Crippen LogP contribution in [0, 0.1) is 0 Å². The van der Waals surface area contributed by atoms with E-state index in [4.69, 9.17) is 4.74 Å². The standard InChI is InChI=1S/C21H27NO3/c1-3-22(4-2)14-15-25-19-12-10-17(11-13-19)16-20(21(23)24)18-8-6-5-7-9-18/h5-13,20H,3-4,14-16H2,1-2H3,(H,23,24). The molecule has 2 aromatic carbocycles. The number of benzene rings is 2. The van der Waals surface area contributed by atoms with E-state index in [2.05, 4.69) is 18.7 Å². The second-order valence-corrected chi connectivity index (χ2v) is 6.02. The molecule has 0 saturated heterocycles. The average Bonchev–Trinajstić information content (AvgIpc) is 2.65. The molecule has 1 atom stereocenters. The zero-order valence-electron chi connectivity index (χ0n) is 15.0. The van der Waals surface area contributed by atoms with Crippen LogP contribution >= 0.6 is 0 Å². The zero-order chi connectivity index (χ0) is 18.1. The van der Waals surface area contributed by atoms with Crippen molar-refractivity contribution in [2.45, 2.75) is 26.2 Å². The van der Waals surface area contributed by atoms with E-state index in [0.29, 0.717) is 13.0 Å². The van der Waals surface area contributed by atoms with Crippen molar-refractivity contribution in [3.63, 3.8) is 0 Å². The molecule has 134 valence electrons. The molecule has 0 spiro atoms. The Morgan fingerprint density at radius 3 is 2.24 bits per heavy atom. The largest absolute Gasteiger partial charge is 0.492 e. The van der Waals surface area contributed by atoms with Gasteiger partial charge in [-0.2, -0.15) is 0 Å². The molecule has 1 unspecified atom stereocenters. The van der Waals surface area contributed by atoms with Crippen LogP contribution in [0.1, 0.15) is 30.9 Å². The van der Waals surface area contributed by atoms with Crippen molar-refractivity contribution >= 4 is 5.97 Å². The number of hydrogen-bond donors (Lipinski definition) is 1. The molecule has 0 saturated carbocycles. The van der Waals surface area contributed by atoms with E-state index < -0.39 is 11.9 Å². The number of hydrogen-bond acceptors (Lipinski definition) is 3. The molecule has 4 heteroatoms. The first kappa shape index (κ1) is 19.0. The van der Waals surface area contributed by atoms with Crippen LogP contribution in [0.4, 0.5) is 0 Å². The van der Waals surface area contributed by atoms with Gasteiger partial charge in [0.25, 0.3) is 0 Å². The summed E-state index contributed by atoms with van der Waals surface area (Å²) in [5, 5.41) is 9.53. The van der Waals surface area contributed by atoms with Crippen LogP contribution in [0.2, 0.25) is 0 Å². The molecule has 0 heterocycles. The van der Waals surface area contributed by atoms with Crippen molar-refractivity contribution < 1.29 is 14.6 Å². The van der Waals surface area contributed by atoms with Gasteiger partial charge in [-0.3, -0.25) is 4.79 Å². The first-order valence-electron chi connectivity index (χ1n) is 8.85. The van der Waals surface area contributed by atoms with Gasteiger partial charge in [0.15, 0.2) is 0 Å². The summed E-state index contributed by atoms with van der Waals surface area (Å²) >= 11 is 0. The van der Waals surface area contributed by atoms with Crippen LogP contribution in [0.5, 0.6) is 5.75 Å². The Morgan fingerprint density at radius 1 is 1.04 bits per heavy atom. The monoisotopic (exact) mass is 341 g/mol. The van der Waals surface area contributed by atoms with Crippen LogP contribution in [0.15, 0.2) is 54.6 Å². The second kappa shape index (κ2) is 9.84. The van der Waals surface area contributed by atoms with Gasteiger partial charge in [-0.25, -0.2) is 0 Å². The minimum absolute atomic E-state index is 0.471. The van der Waals surface area contributed by atoms with Gasteiger partial charge in [-0.05, 0) is 42.8 Å². The molecule has 0 radical (unpaired) electrons. The van der Waals surface area contributed by atoms with Gasteiger partial charge in [0.1, 0.15) is 12.4 Å². The summed E-state index contributed by atoms with van der Waals surface area (Å²) in [7, 11) is 0. The Bertz CT molecular complexity index is 636. The molecule has 0 aliphatic carbocycles. The quantitative estimate of drug-likeness (QED) is 0.714. The molecular weight excluding hydrogens is 314 g/mol. The van der Waals surface area contributed by atoms with Crippen LogP contribution < -0.4 is 4.74 Å². The van der Waals surface area contributed by atoms with E-state index in [1.807, 2.05) is 54.6 Å². The predicted octanol–water partition coefficient (Wildman–Crippen LogP) is 3.82. The summed E-state index contributed by atoms with van der Waals surface area (Å²) in [5.41, 5.74) is 1.82. The lowest BCUT2D eigenvalue weighted by Crippen LogP contribution is -2.27. The summed E-state index contributed by atoms with van der Waals surface area (Å²) in [4.78, 5) is 13.9. The van der Waals surface area contributed by atoms with Gasteiger partial charge < -0.3 is 14.7 Å². The minimum Gasteiger partial charge on any atom is -0.492 e. The lowest BCUT2D eigenvalue weighted by molar-refractivity contribution is -0.138. The summed E-state index contributed by atoms with van der Waals surface area (Å²) < 4.78 is 5.77. The van der Waals surface area contributed by atoms with Crippen molar-refractivity contribution in [3.8, 4) is 5.75 Å². The van der Waals surface area contributed by atoms with E-state index in [1.165, 1.54) is 0 Å². The molecule has 0 aliphatic heterocycles. The number of carbonyl (C=O) groups is 1. The fraction of sp³-hybridized carbons (Fsp3) is 0.381. The Hall–Kier alpha value is -2.33. The third-order valence-corrected chi connectivity index (χ3v) is 4.43. The van der Waals surface area contributed by atoms with E-state index in [0.717, 1.165) is 36.5 Å². The summed E-state index contributed by atoms with van der Waals surface area (Å²) in [6.07, 6.45) is 0.471. The molecular formula is C21H27NO3. The second-order valence-electron chi connectivity index (χ2n) is 6.02. The van der Waals surface area contributed by atoms with Crippen molar-refractivity contribution in [1.29, 1.82) is 0 Å². The molecule has 0 fully saturated rings. The number of carboxylic acid groups (broad SMARTS) is 1. The Balaban J connectivity index is 1.93. The van der Waals surface area contributed by atoms with Gasteiger partial charge in [0.05, 0.1) is 5.92 Å². The minimum atomic E-state index is -0.800. The van der Waals surface area contributed by atoms with Gasteiger partial charge in [0, 0.05) is 6.54 Å². The highest BCUT2D eigenvalue weighted by atomic mass is 16.5. The topological polar surface area (TPSA) is 49.8 Å². The number of likely N-dealkylation sites (N-methyl/N-ethyl adjacent to an activating group) is 1. The van der Waals surface area contributed by atoms with Gasteiger partial charge in [0.2, 0.25) is 0 Å². The van der Waals surface area contributed by atoms with Gasteiger partial charge >= 0.3 is 5.97 Å². The molecule has 4 nitrogen and oxygen atoms in total. The smallest absolute Gasteiger partial charge is 0.311 e. The number of ether oxygens (including phenoxy) is 1.